The molecule has 0 bridgehead atoms. The van der Waals surface area contributed by atoms with Gasteiger partial charge < -0.3 is 0 Å². The summed E-state index contributed by atoms with van der Waals surface area (Å²) in [5, 5.41) is 0. The molecule has 0 aliphatic heterocycles. The summed E-state index contributed by atoms with van der Waals surface area (Å²) in [5.41, 5.74) is 5.70. The zero-order chi connectivity index (χ0) is 14.5. The zero-order valence-corrected chi connectivity index (χ0v) is 13.1. The quantitative estimate of drug-likeness (QED) is 0.493. The molecule has 1 atom stereocenters. The largest absolute Gasteiger partial charge is 0.121 e. The number of hydrogen-bond donors (Lipinski definition) is 0. The Labute approximate surface area is 119 Å². The maximum atomic E-state index is 3.08. The molecule has 104 valence electrons. The van der Waals surface area contributed by atoms with Gasteiger partial charge in [0.1, 0.15) is 0 Å². The monoisotopic (exact) mass is 256 g/mol. The van der Waals surface area contributed by atoms with Gasteiger partial charge in [0.05, 0.1) is 0 Å². The summed E-state index contributed by atoms with van der Waals surface area (Å²) in [6.07, 6.45) is 19.5. The van der Waals surface area contributed by atoms with Crippen molar-refractivity contribution in [3.05, 3.63) is 65.5 Å². The molecule has 2 aliphatic carbocycles. The van der Waals surface area contributed by atoms with E-state index in [1.54, 1.807) is 0 Å². The first-order chi connectivity index (χ1) is 9.36. The molecule has 0 amide bonds. The summed E-state index contributed by atoms with van der Waals surface area (Å²) < 4.78 is 0. The van der Waals surface area contributed by atoms with Crippen LogP contribution < -0.4 is 0 Å². The average Bonchev–Trinajstić information content (AvgIpc) is 2.85. The van der Waals surface area contributed by atoms with Gasteiger partial charge in [0, 0.05) is 0 Å². The summed E-state index contributed by atoms with van der Waals surface area (Å²) in [6, 6.07) is 0. The average molecular weight is 256 g/mol. The van der Waals surface area contributed by atoms with Crippen LogP contribution in [0.15, 0.2) is 65.5 Å². The lowest BCUT2D eigenvalue weighted by Crippen LogP contribution is -1.89. The van der Waals surface area contributed by atoms with Crippen molar-refractivity contribution in [2.24, 2.45) is 5.92 Å². The third kappa shape index (κ3) is 6.84. The van der Waals surface area contributed by atoms with E-state index in [1.807, 2.05) is 45.9 Å². The van der Waals surface area contributed by atoms with Crippen molar-refractivity contribution in [2.75, 3.05) is 0 Å². The molecule has 0 aromatic rings. The van der Waals surface area contributed by atoms with Crippen molar-refractivity contribution in [3.63, 3.8) is 0 Å². The van der Waals surface area contributed by atoms with E-state index in [-0.39, 0.29) is 0 Å². The lowest BCUT2D eigenvalue weighted by Gasteiger charge is -2.05. The Morgan fingerprint density at radius 1 is 1.00 bits per heavy atom. The van der Waals surface area contributed by atoms with Crippen LogP contribution in [0, 0.1) is 5.92 Å². The Hall–Kier alpha value is -1.52. The van der Waals surface area contributed by atoms with Crippen molar-refractivity contribution in [1.82, 2.24) is 0 Å². The van der Waals surface area contributed by atoms with Gasteiger partial charge in [0.15, 0.2) is 0 Å². The van der Waals surface area contributed by atoms with Crippen LogP contribution >= 0.6 is 0 Å². The van der Waals surface area contributed by atoms with E-state index in [4.69, 9.17) is 0 Å². The highest BCUT2D eigenvalue weighted by molar-refractivity contribution is 5.50. The standard InChI is InChI=1S/C15H16.2C2H6/c1-13-8-6-7-11-15(12-13)14-9-4-2-3-5-10-14;2*1-2/h2,4-5,7,9-13H,6,8H2,1H3;2*1-2H3. The lowest BCUT2D eigenvalue weighted by molar-refractivity contribution is 0.661. The summed E-state index contributed by atoms with van der Waals surface area (Å²) in [7, 11) is 0. The number of allylic oxidation sites excluding steroid dienone is 9. The zero-order valence-electron chi connectivity index (χ0n) is 13.1. The van der Waals surface area contributed by atoms with E-state index in [9.17, 15) is 0 Å². The van der Waals surface area contributed by atoms with Gasteiger partial charge >= 0.3 is 0 Å². The molecule has 0 heteroatoms. The van der Waals surface area contributed by atoms with Gasteiger partial charge in [-0.05, 0) is 48.1 Å². The lowest BCUT2D eigenvalue weighted by atomic mass is 10.00. The van der Waals surface area contributed by atoms with E-state index < -0.39 is 0 Å². The van der Waals surface area contributed by atoms with E-state index in [0.29, 0.717) is 5.92 Å². The Morgan fingerprint density at radius 2 is 1.74 bits per heavy atom. The normalized spacial score (nSPS) is 19.9. The van der Waals surface area contributed by atoms with Crippen LogP contribution in [-0.2, 0) is 0 Å². The SMILES string of the molecule is CC.CC.CC1C=C(C2=CC=C=CC=C2)C=CCC1. The fourth-order valence-corrected chi connectivity index (χ4v) is 1.86. The first kappa shape index (κ1) is 17.5. The number of hydrogen-bond acceptors (Lipinski definition) is 0. The molecule has 0 saturated carbocycles. The van der Waals surface area contributed by atoms with Crippen LogP contribution in [0.5, 0.6) is 0 Å². The molecule has 0 spiro atoms. The minimum Gasteiger partial charge on any atom is -0.121 e. The molecule has 0 N–H and O–H groups in total. The van der Waals surface area contributed by atoms with Crippen molar-refractivity contribution >= 4 is 0 Å². The predicted molar refractivity (Wildman–Crippen MR) is 88.2 cm³/mol. The fraction of sp³-hybridized carbons (Fsp3) is 0.421. The topological polar surface area (TPSA) is 0 Å². The Bertz CT molecular complexity index is 407. The molecule has 0 radical (unpaired) electrons. The van der Waals surface area contributed by atoms with Crippen LogP contribution in [0.25, 0.3) is 0 Å². The second-order valence-electron chi connectivity index (χ2n) is 4.06. The molecule has 1 unspecified atom stereocenters. The highest BCUT2D eigenvalue weighted by Gasteiger charge is 2.05. The molecule has 19 heavy (non-hydrogen) atoms. The smallest absolute Gasteiger partial charge is 0.0181 e. The third-order valence-electron chi connectivity index (χ3n) is 2.71. The molecule has 2 aliphatic rings. The molecule has 0 nitrogen and oxygen atoms in total. The Balaban J connectivity index is 0.000000741. The van der Waals surface area contributed by atoms with Crippen LogP contribution in [0.1, 0.15) is 47.5 Å². The van der Waals surface area contributed by atoms with Gasteiger partial charge in [-0.25, -0.2) is 0 Å². The van der Waals surface area contributed by atoms with Gasteiger partial charge in [-0.15, -0.1) is 5.73 Å². The van der Waals surface area contributed by atoms with E-state index in [2.05, 4.69) is 43.0 Å². The van der Waals surface area contributed by atoms with Gasteiger partial charge in [-0.2, -0.15) is 0 Å². The Kier molecular flexibility index (Phi) is 10.6. The van der Waals surface area contributed by atoms with E-state index in [1.165, 1.54) is 24.0 Å². The van der Waals surface area contributed by atoms with Crippen LogP contribution in [0.3, 0.4) is 0 Å². The summed E-state index contributed by atoms with van der Waals surface area (Å²) in [4.78, 5) is 0. The van der Waals surface area contributed by atoms with Gasteiger partial charge in [-0.3, -0.25) is 0 Å². The van der Waals surface area contributed by atoms with E-state index in [0.717, 1.165) is 0 Å². The van der Waals surface area contributed by atoms with Gasteiger partial charge in [-0.1, -0.05) is 65.0 Å². The maximum absolute atomic E-state index is 3.08. The van der Waals surface area contributed by atoms with Gasteiger partial charge in [0.2, 0.25) is 0 Å². The highest BCUT2D eigenvalue weighted by atomic mass is 14.1. The molecule has 0 aromatic heterocycles. The summed E-state index contributed by atoms with van der Waals surface area (Å²) in [5.74, 6) is 0.671. The van der Waals surface area contributed by atoms with Crippen LogP contribution in [0.4, 0.5) is 0 Å². The fourth-order valence-electron chi connectivity index (χ4n) is 1.86. The van der Waals surface area contributed by atoms with Gasteiger partial charge in [0.25, 0.3) is 0 Å². The number of rotatable bonds is 1. The molecule has 2 rings (SSSR count). The molecule has 0 heterocycles. The maximum Gasteiger partial charge on any atom is -0.0181 e. The molecule has 0 aromatic carbocycles. The first-order valence-corrected chi connectivity index (χ1v) is 7.54. The second-order valence-corrected chi connectivity index (χ2v) is 4.06. The van der Waals surface area contributed by atoms with Crippen LogP contribution in [0.2, 0.25) is 0 Å². The van der Waals surface area contributed by atoms with Crippen molar-refractivity contribution in [2.45, 2.75) is 47.5 Å². The highest BCUT2D eigenvalue weighted by Crippen LogP contribution is 2.22. The minimum atomic E-state index is 0.671. The summed E-state index contributed by atoms with van der Waals surface area (Å²) in [6.45, 7) is 10.3. The van der Waals surface area contributed by atoms with Crippen molar-refractivity contribution in [3.8, 4) is 0 Å². The van der Waals surface area contributed by atoms with Crippen molar-refractivity contribution < 1.29 is 0 Å². The molecular weight excluding hydrogens is 228 g/mol. The van der Waals surface area contributed by atoms with E-state index >= 15 is 0 Å². The van der Waals surface area contributed by atoms with Crippen molar-refractivity contribution in [1.29, 1.82) is 0 Å². The second kappa shape index (κ2) is 11.6. The Morgan fingerprint density at radius 3 is 2.47 bits per heavy atom. The van der Waals surface area contributed by atoms with Crippen LogP contribution in [-0.4, -0.2) is 0 Å². The molecule has 0 saturated heterocycles. The molecular formula is C19H28. The first-order valence-electron chi connectivity index (χ1n) is 7.54. The molecule has 0 fully saturated rings. The minimum absolute atomic E-state index is 0.671. The predicted octanol–water partition coefficient (Wildman–Crippen LogP) is 6.16. The third-order valence-corrected chi connectivity index (χ3v) is 2.71. The summed E-state index contributed by atoms with van der Waals surface area (Å²) >= 11 is 0.